The fourth-order valence-electron chi connectivity index (χ4n) is 2.97. The Hall–Kier alpha value is -0.860. The summed E-state index contributed by atoms with van der Waals surface area (Å²) in [5, 5.41) is 12.3. The van der Waals surface area contributed by atoms with Gasteiger partial charge in [-0.1, -0.05) is 6.07 Å². The zero-order valence-electron chi connectivity index (χ0n) is 11.7. The number of hydrogen-bond donors (Lipinski definition) is 1. The van der Waals surface area contributed by atoms with E-state index < -0.39 is 5.82 Å². The topological polar surface area (TPSA) is 39.1 Å². The highest BCUT2D eigenvalue weighted by atomic mass is 35.5. The minimum atomic E-state index is -0.416. The summed E-state index contributed by atoms with van der Waals surface area (Å²) >= 11 is 0. The zero-order chi connectivity index (χ0) is 13.2. The van der Waals surface area contributed by atoms with Crippen LogP contribution in [0.2, 0.25) is 0 Å². The van der Waals surface area contributed by atoms with Gasteiger partial charge in [-0.15, -0.1) is 24.8 Å². The van der Waals surface area contributed by atoms with Gasteiger partial charge in [0, 0.05) is 32.2 Å². The predicted octanol–water partition coefficient (Wildman–Crippen LogP) is 2.90. The predicted molar refractivity (Wildman–Crippen MR) is 85.5 cm³/mol. The highest BCUT2D eigenvalue weighted by molar-refractivity contribution is 5.85. The largest absolute Gasteiger partial charge is 0.314 e. The van der Waals surface area contributed by atoms with E-state index >= 15 is 0 Å². The van der Waals surface area contributed by atoms with Crippen molar-refractivity contribution >= 4 is 24.8 Å². The van der Waals surface area contributed by atoms with Crippen LogP contribution in [-0.4, -0.2) is 31.1 Å². The van der Waals surface area contributed by atoms with E-state index in [1.54, 1.807) is 6.07 Å². The van der Waals surface area contributed by atoms with Crippen LogP contribution < -0.4 is 5.32 Å². The molecule has 0 aromatic heterocycles. The van der Waals surface area contributed by atoms with Gasteiger partial charge in [0.2, 0.25) is 0 Å². The van der Waals surface area contributed by atoms with Crippen LogP contribution in [0.1, 0.15) is 30.0 Å². The molecule has 116 valence electrons. The van der Waals surface area contributed by atoms with Crippen molar-refractivity contribution in [2.75, 3.05) is 26.2 Å². The summed E-state index contributed by atoms with van der Waals surface area (Å²) in [4.78, 5) is 2.47. The van der Waals surface area contributed by atoms with E-state index in [1.807, 2.05) is 12.1 Å². The molecule has 6 heteroatoms. The summed E-state index contributed by atoms with van der Waals surface area (Å²) in [5.41, 5.74) is 1.26. The van der Waals surface area contributed by atoms with Crippen LogP contribution in [0.15, 0.2) is 18.2 Å². The summed E-state index contributed by atoms with van der Waals surface area (Å²) in [5.74, 6) is 0.260. The number of benzene rings is 1. The summed E-state index contributed by atoms with van der Waals surface area (Å²) in [7, 11) is 0. The van der Waals surface area contributed by atoms with Crippen molar-refractivity contribution in [3.8, 4) is 6.07 Å². The van der Waals surface area contributed by atoms with Crippen molar-refractivity contribution in [3.63, 3.8) is 0 Å². The van der Waals surface area contributed by atoms with E-state index in [-0.39, 0.29) is 30.4 Å². The van der Waals surface area contributed by atoms with Gasteiger partial charge in [-0.2, -0.15) is 5.26 Å². The fraction of sp³-hybridized carbons (Fsp3) is 0.533. The van der Waals surface area contributed by atoms with Gasteiger partial charge in [0.15, 0.2) is 0 Å². The zero-order valence-corrected chi connectivity index (χ0v) is 13.4. The third-order valence-corrected chi connectivity index (χ3v) is 4.07. The SMILES string of the molecule is Cl.Cl.N#Cc1cc([C@H](C2CC2)N2CCNCC2)ccc1F. The molecule has 1 heterocycles. The smallest absolute Gasteiger partial charge is 0.140 e. The molecule has 21 heavy (non-hydrogen) atoms. The maximum absolute atomic E-state index is 13.4. The molecule has 3 nitrogen and oxygen atoms in total. The minimum absolute atomic E-state index is 0. The van der Waals surface area contributed by atoms with Crippen LogP contribution >= 0.6 is 24.8 Å². The van der Waals surface area contributed by atoms with Crippen LogP contribution in [0, 0.1) is 23.1 Å². The monoisotopic (exact) mass is 331 g/mol. The lowest BCUT2D eigenvalue weighted by atomic mass is 9.98. The Labute approximate surface area is 137 Å². The average molecular weight is 332 g/mol. The molecule has 1 aliphatic carbocycles. The first-order valence-corrected chi connectivity index (χ1v) is 6.94. The minimum Gasteiger partial charge on any atom is -0.314 e. The Morgan fingerprint density at radius 2 is 1.90 bits per heavy atom. The molecule has 0 amide bonds. The van der Waals surface area contributed by atoms with Crippen LogP contribution in [0.5, 0.6) is 0 Å². The van der Waals surface area contributed by atoms with E-state index in [2.05, 4.69) is 10.2 Å². The third kappa shape index (κ3) is 4.08. The normalized spacial score (nSPS) is 19.8. The molecule has 1 saturated heterocycles. The molecule has 1 N–H and O–H groups in total. The molecule has 0 spiro atoms. The second-order valence-corrected chi connectivity index (χ2v) is 5.42. The molecule has 1 aromatic rings. The van der Waals surface area contributed by atoms with E-state index in [4.69, 9.17) is 5.26 Å². The van der Waals surface area contributed by atoms with Gasteiger partial charge in [0.25, 0.3) is 0 Å². The molecule has 3 rings (SSSR count). The summed E-state index contributed by atoms with van der Waals surface area (Å²) in [6.07, 6.45) is 2.49. The first-order valence-electron chi connectivity index (χ1n) is 6.94. The highest BCUT2D eigenvalue weighted by Gasteiger charge is 2.36. The van der Waals surface area contributed by atoms with Crippen molar-refractivity contribution in [3.05, 3.63) is 35.1 Å². The molecule has 1 aliphatic heterocycles. The van der Waals surface area contributed by atoms with Gasteiger partial charge < -0.3 is 5.32 Å². The van der Waals surface area contributed by atoms with E-state index in [1.165, 1.54) is 18.9 Å². The molecule has 2 fully saturated rings. The van der Waals surface area contributed by atoms with Crippen LogP contribution in [0.25, 0.3) is 0 Å². The van der Waals surface area contributed by atoms with Gasteiger partial charge in [0.1, 0.15) is 11.9 Å². The Kier molecular flexibility index (Phi) is 6.89. The van der Waals surface area contributed by atoms with Crippen molar-refractivity contribution in [2.24, 2.45) is 5.92 Å². The van der Waals surface area contributed by atoms with E-state index in [9.17, 15) is 4.39 Å². The number of nitrogens with one attached hydrogen (secondary N) is 1. The van der Waals surface area contributed by atoms with Crippen LogP contribution in [0.4, 0.5) is 4.39 Å². The molecule has 0 unspecified atom stereocenters. The van der Waals surface area contributed by atoms with Crippen molar-refractivity contribution < 1.29 is 4.39 Å². The average Bonchev–Trinajstić information content (AvgIpc) is 3.27. The van der Waals surface area contributed by atoms with E-state index in [0.29, 0.717) is 12.0 Å². The molecule has 1 aromatic carbocycles. The lowest BCUT2D eigenvalue weighted by molar-refractivity contribution is 0.156. The summed E-state index contributed by atoms with van der Waals surface area (Å²) < 4.78 is 13.4. The van der Waals surface area contributed by atoms with E-state index in [0.717, 1.165) is 31.7 Å². The summed E-state index contributed by atoms with van der Waals surface area (Å²) in [6.45, 7) is 4.08. The lowest BCUT2D eigenvalue weighted by Gasteiger charge is -2.35. The number of rotatable bonds is 3. The van der Waals surface area contributed by atoms with Gasteiger partial charge in [-0.25, -0.2) is 4.39 Å². The van der Waals surface area contributed by atoms with Gasteiger partial charge in [-0.05, 0) is 36.5 Å². The molecule has 1 atom stereocenters. The Morgan fingerprint density at radius 1 is 1.24 bits per heavy atom. The van der Waals surface area contributed by atoms with Crippen LogP contribution in [-0.2, 0) is 0 Å². The number of nitrogens with zero attached hydrogens (tertiary/aromatic N) is 2. The highest BCUT2D eigenvalue weighted by Crippen LogP contribution is 2.44. The fourth-order valence-corrected chi connectivity index (χ4v) is 2.97. The Morgan fingerprint density at radius 3 is 2.48 bits per heavy atom. The second-order valence-electron chi connectivity index (χ2n) is 5.42. The molecule has 1 saturated carbocycles. The number of halogens is 3. The third-order valence-electron chi connectivity index (χ3n) is 4.07. The molecule has 0 bridgehead atoms. The molecular weight excluding hydrogens is 312 g/mol. The maximum atomic E-state index is 13.4. The van der Waals surface area contributed by atoms with Crippen molar-refractivity contribution in [2.45, 2.75) is 18.9 Å². The Balaban J connectivity index is 0.00000110. The standard InChI is InChI=1S/C15H18FN3.2ClH/c16-14-4-3-12(9-13(14)10-17)15(11-1-2-11)19-7-5-18-6-8-19;;/h3-4,9,11,15,18H,1-2,5-8H2;2*1H/t15-;;/m0../s1. The van der Waals surface area contributed by atoms with Gasteiger partial charge in [0.05, 0.1) is 5.56 Å². The lowest BCUT2D eigenvalue weighted by Crippen LogP contribution is -2.45. The van der Waals surface area contributed by atoms with Crippen molar-refractivity contribution in [1.82, 2.24) is 10.2 Å². The molecule has 0 radical (unpaired) electrons. The Bertz CT molecular complexity index is 508. The van der Waals surface area contributed by atoms with Crippen LogP contribution in [0.3, 0.4) is 0 Å². The number of hydrogen-bond acceptors (Lipinski definition) is 3. The molecular formula is C15H20Cl2FN3. The maximum Gasteiger partial charge on any atom is 0.140 e. The first kappa shape index (κ1) is 18.2. The number of piperazine rings is 1. The van der Waals surface area contributed by atoms with Gasteiger partial charge in [-0.3, -0.25) is 4.90 Å². The second kappa shape index (κ2) is 7.95. The van der Waals surface area contributed by atoms with Crippen molar-refractivity contribution in [1.29, 1.82) is 5.26 Å². The first-order chi connectivity index (χ1) is 9.29. The quantitative estimate of drug-likeness (QED) is 0.925. The number of nitriles is 1. The molecule has 2 aliphatic rings. The summed E-state index contributed by atoms with van der Waals surface area (Å²) in [6, 6.07) is 7.32. The van der Waals surface area contributed by atoms with Gasteiger partial charge >= 0.3 is 0 Å².